The molecule has 3 aliphatic rings. The second-order valence-corrected chi connectivity index (χ2v) is 6.31. The van der Waals surface area contributed by atoms with Crippen molar-refractivity contribution in [2.75, 3.05) is 0 Å². The third kappa shape index (κ3) is 1.44. The summed E-state index contributed by atoms with van der Waals surface area (Å²) in [7, 11) is 0. The van der Waals surface area contributed by atoms with Crippen LogP contribution in [0.25, 0.3) is 0 Å². The van der Waals surface area contributed by atoms with E-state index in [0.717, 1.165) is 17.6 Å². The number of hydrogen-bond acceptors (Lipinski definition) is 2. The molecule has 5 rings (SSSR count). The molecule has 0 saturated heterocycles. The average Bonchev–Trinajstić information content (AvgIpc) is 3.37. The zero-order chi connectivity index (χ0) is 12.4. The summed E-state index contributed by atoms with van der Waals surface area (Å²) >= 11 is 0. The Kier molecular flexibility index (Phi) is 1.86. The second kappa shape index (κ2) is 3.47. The van der Waals surface area contributed by atoms with Crippen LogP contribution in [0.15, 0.2) is 24.3 Å². The van der Waals surface area contributed by atoms with Gasteiger partial charge in [-0.3, -0.25) is 5.10 Å². The molecule has 1 aromatic carbocycles. The predicted octanol–water partition coefficient (Wildman–Crippen LogP) is 3.13. The summed E-state index contributed by atoms with van der Waals surface area (Å²) in [6, 6.07) is 8.93. The van der Waals surface area contributed by atoms with Gasteiger partial charge in [0.05, 0.1) is 0 Å². The molecule has 3 unspecified atom stereocenters. The highest BCUT2D eigenvalue weighted by Gasteiger charge is 2.55. The topological polar surface area (TPSA) is 41.6 Å². The molecule has 0 radical (unpaired) electrons. The molecular formula is C16H17N3. The average molecular weight is 251 g/mol. The first-order chi connectivity index (χ1) is 9.42. The number of aromatic amines is 1. The van der Waals surface area contributed by atoms with Gasteiger partial charge in [-0.2, -0.15) is 5.10 Å². The van der Waals surface area contributed by atoms with Gasteiger partial charge in [0.15, 0.2) is 5.82 Å². The Bertz CT molecular complexity index is 641. The molecule has 1 N–H and O–H groups in total. The van der Waals surface area contributed by atoms with Crippen molar-refractivity contribution >= 4 is 0 Å². The smallest absolute Gasteiger partial charge is 0.153 e. The van der Waals surface area contributed by atoms with E-state index in [-0.39, 0.29) is 0 Å². The number of fused-ring (bicyclic) bond motifs is 3. The molecule has 2 fully saturated rings. The maximum Gasteiger partial charge on any atom is 0.153 e. The SMILES string of the molecule is c1ccc2c(c1)CCC1C(c3nc(C4CC4)n[nH]3)C21. The number of hydrogen-bond donors (Lipinski definition) is 1. The maximum atomic E-state index is 4.76. The van der Waals surface area contributed by atoms with Crippen LogP contribution in [0.1, 0.15) is 59.8 Å². The van der Waals surface area contributed by atoms with Crippen molar-refractivity contribution in [2.45, 2.75) is 43.4 Å². The van der Waals surface area contributed by atoms with Gasteiger partial charge in [-0.1, -0.05) is 24.3 Å². The Hall–Kier alpha value is -1.64. The monoisotopic (exact) mass is 251 g/mol. The number of benzene rings is 1. The van der Waals surface area contributed by atoms with E-state index in [0.29, 0.717) is 17.8 Å². The lowest BCUT2D eigenvalue weighted by Gasteiger charge is -2.13. The van der Waals surface area contributed by atoms with Crippen molar-refractivity contribution in [3.05, 3.63) is 47.0 Å². The lowest BCUT2D eigenvalue weighted by Crippen LogP contribution is -2.00. The third-order valence-corrected chi connectivity index (χ3v) is 5.11. The molecule has 3 nitrogen and oxygen atoms in total. The summed E-state index contributed by atoms with van der Waals surface area (Å²) in [5, 5.41) is 7.63. The number of aromatic nitrogens is 3. The molecular weight excluding hydrogens is 234 g/mol. The highest BCUT2D eigenvalue weighted by Crippen LogP contribution is 2.64. The van der Waals surface area contributed by atoms with Crippen LogP contribution in [0.5, 0.6) is 0 Å². The summed E-state index contributed by atoms with van der Waals surface area (Å²) in [6.07, 6.45) is 5.10. The van der Waals surface area contributed by atoms with Gasteiger partial charge in [0.25, 0.3) is 0 Å². The number of nitrogens with one attached hydrogen (secondary N) is 1. The lowest BCUT2D eigenvalue weighted by atomic mass is 9.92. The zero-order valence-corrected chi connectivity index (χ0v) is 10.8. The van der Waals surface area contributed by atoms with Crippen LogP contribution in [-0.2, 0) is 6.42 Å². The highest BCUT2D eigenvalue weighted by molar-refractivity contribution is 5.43. The van der Waals surface area contributed by atoms with Gasteiger partial charge in [0, 0.05) is 11.8 Å². The van der Waals surface area contributed by atoms with Crippen LogP contribution in [0.2, 0.25) is 0 Å². The third-order valence-electron chi connectivity index (χ3n) is 5.11. The summed E-state index contributed by atoms with van der Waals surface area (Å²) in [5.74, 6) is 4.96. The van der Waals surface area contributed by atoms with Gasteiger partial charge >= 0.3 is 0 Å². The van der Waals surface area contributed by atoms with E-state index in [1.807, 2.05) is 0 Å². The van der Waals surface area contributed by atoms with Gasteiger partial charge in [-0.15, -0.1) is 0 Å². The Labute approximate surface area is 112 Å². The first-order valence-electron chi connectivity index (χ1n) is 7.42. The molecule has 3 aliphatic carbocycles. The molecule has 0 spiro atoms. The van der Waals surface area contributed by atoms with Gasteiger partial charge in [-0.05, 0) is 48.6 Å². The Morgan fingerprint density at radius 1 is 1.05 bits per heavy atom. The molecule has 96 valence electrons. The van der Waals surface area contributed by atoms with Crippen LogP contribution in [0.4, 0.5) is 0 Å². The van der Waals surface area contributed by atoms with Crippen molar-refractivity contribution in [1.82, 2.24) is 15.2 Å². The molecule has 1 aromatic heterocycles. The van der Waals surface area contributed by atoms with Gasteiger partial charge in [0.2, 0.25) is 0 Å². The quantitative estimate of drug-likeness (QED) is 0.891. The molecule has 3 heteroatoms. The largest absolute Gasteiger partial charge is 0.263 e. The first kappa shape index (κ1) is 10.2. The molecule has 2 aromatic rings. The lowest BCUT2D eigenvalue weighted by molar-refractivity contribution is 0.654. The standard InChI is InChI=1S/C16H17N3/c1-2-4-11-9(3-1)7-8-12-13(11)14(12)16-17-15(18-19-16)10-5-6-10/h1-4,10,12-14H,5-8H2,(H,17,18,19). The van der Waals surface area contributed by atoms with Gasteiger partial charge < -0.3 is 0 Å². The van der Waals surface area contributed by atoms with E-state index in [2.05, 4.69) is 34.5 Å². The maximum absolute atomic E-state index is 4.76. The molecule has 0 amide bonds. The molecule has 0 aliphatic heterocycles. The Morgan fingerprint density at radius 2 is 1.95 bits per heavy atom. The van der Waals surface area contributed by atoms with Crippen molar-refractivity contribution in [3.63, 3.8) is 0 Å². The minimum absolute atomic E-state index is 0.601. The van der Waals surface area contributed by atoms with Crippen LogP contribution in [0.3, 0.4) is 0 Å². The summed E-state index contributed by atoms with van der Waals surface area (Å²) in [5.41, 5.74) is 3.11. The van der Waals surface area contributed by atoms with Crippen LogP contribution >= 0.6 is 0 Å². The van der Waals surface area contributed by atoms with E-state index in [4.69, 9.17) is 4.98 Å². The molecule has 0 bridgehead atoms. The fraction of sp³-hybridized carbons (Fsp3) is 0.500. The molecule has 3 atom stereocenters. The molecule has 19 heavy (non-hydrogen) atoms. The minimum Gasteiger partial charge on any atom is -0.263 e. The van der Waals surface area contributed by atoms with Crippen molar-refractivity contribution in [1.29, 1.82) is 0 Å². The zero-order valence-electron chi connectivity index (χ0n) is 10.8. The minimum atomic E-state index is 0.601. The Balaban J connectivity index is 1.49. The van der Waals surface area contributed by atoms with E-state index < -0.39 is 0 Å². The second-order valence-electron chi connectivity index (χ2n) is 6.31. The Morgan fingerprint density at radius 3 is 2.84 bits per heavy atom. The number of aryl methyl sites for hydroxylation is 1. The molecule has 1 heterocycles. The van der Waals surface area contributed by atoms with Crippen LogP contribution in [-0.4, -0.2) is 15.2 Å². The predicted molar refractivity (Wildman–Crippen MR) is 72.1 cm³/mol. The number of H-pyrrole nitrogens is 1. The molecule has 2 saturated carbocycles. The van der Waals surface area contributed by atoms with Gasteiger partial charge in [-0.25, -0.2) is 4.98 Å². The summed E-state index contributed by atoms with van der Waals surface area (Å²) in [6.45, 7) is 0. The highest BCUT2D eigenvalue weighted by atomic mass is 15.2. The van der Waals surface area contributed by atoms with E-state index >= 15 is 0 Å². The van der Waals surface area contributed by atoms with Crippen LogP contribution < -0.4 is 0 Å². The first-order valence-corrected chi connectivity index (χ1v) is 7.42. The fourth-order valence-corrected chi connectivity index (χ4v) is 3.90. The van der Waals surface area contributed by atoms with Crippen LogP contribution in [0, 0.1) is 5.92 Å². The van der Waals surface area contributed by atoms with E-state index in [1.54, 1.807) is 11.1 Å². The number of rotatable bonds is 2. The van der Waals surface area contributed by atoms with Crippen molar-refractivity contribution < 1.29 is 0 Å². The van der Waals surface area contributed by atoms with Gasteiger partial charge in [0.1, 0.15) is 5.82 Å². The van der Waals surface area contributed by atoms with Crippen molar-refractivity contribution in [3.8, 4) is 0 Å². The van der Waals surface area contributed by atoms with E-state index in [9.17, 15) is 0 Å². The normalized spacial score (nSPS) is 31.7. The fourth-order valence-electron chi connectivity index (χ4n) is 3.90. The summed E-state index contributed by atoms with van der Waals surface area (Å²) < 4.78 is 0. The van der Waals surface area contributed by atoms with Crippen molar-refractivity contribution in [2.24, 2.45) is 5.92 Å². The summed E-state index contributed by atoms with van der Waals surface area (Å²) in [4.78, 5) is 4.76. The van der Waals surface area contributed by atoms with E-state index in [1.165, 1.54) is 25.7 Å². The number of nitrogens with zero attached hydrogens (tertiary/aromatic N) is 2.